The van der Waals surface area contributed by atoms with Crippen LogP contribution in [0, 0.1) is 0 Å². The van der Waals surface area contributed by atoms with Crippen LogP contribution in [0.3, 0.4) is 0 Å². The molecule has 0 radical (unpaired) electrons. The number of rotatable bonds is 3. The number of nitrogens with two attached hydrogens (primary N) is 2. The first-order chi connectivity index (χ1) is 6.04. The lowest BCUT2D eigenvalue weighted by molar-refractivity contribution is 0.421. The maximum absolute atomic E-state index is 10.8. The zero-order valence-corrected chi connectivity index (χ0v) is 8.00. The van der Waals surface area contributed by atoms with E-state index in [9.17, 15) is 8.42 Å². The lowest BCUT2D eigenvalue weighted by atomic mass is 9.94. The second-order valence-corrected chi connectivity index (χ2v) is 4.54. The van der Waals surface area contributed by atoms with E-state index in [-0.39, 0.29) is 10.9 Å². The minimum atomic E-state index is -3.71. The van der Waals surface area contributed by atoms with Crippen LogP contribution in [0.5, 0.6) is 0 Å². The smallest absolute Gasteiger partial charge is 0.240 e. The number of hydrogen-bond acceptors (Lipinski definition) is 4. The Labute approximate surface area is 77.6 Å². The third-order valence-electron chi connectivity index (χ3n) is 1.98. The minimum absolute atomic E-state index is 0.126. The fourth-order valence-electron chi connectivity index (χ4n) is 0.926. The Morgan fingerprint density at radius 2 is 2.08 bits per heavy atom. The van der Waals surface area contributed by atoms with Crippen molar-refractivity contribution in [2.45, 2.75) is 25.3 Å². The molecule has 0 heterocycles. The molecule has 0 aromatic carbocycles. The molecule has 0 aromatic rings. The molecule has 6 heteroatoms. The van der Waals surface area contributed by atoms with Gasteiger partial charge in [-0.2, -0.15) is 0 Å². The number of primary sulfonamides is 1. The zero-order chi connectivity index (χ0) is 9.90. The van der Waals surface area contributed by atoms with Gasteiger partial charge in [-0.05, 0) is 19.3 Å². The van der Waals surface area contributed by atoms with Crippen molar-refractivity contribution in [1.82, 2.24) is 0 Å². The van der Waals surface area contributed by atoms with Gasteiger partial charge in [-0.25, -0.2) is 13.6 Å². The van der Waals surface area contributed by atoms with Crippen molar-refractivity contribution in [3.8, 4) is 0 Å². The van der Waals surface area contributed by atoms with E-state index in [1.807, 2.05) is 0 Å². The molecule has 0 bridgehead atoms. The van der Waals surface area contributed by atoms with Crippen molar-refractivity contribution in [2.75, 3.05) is 0 Å². The summed E-state index contributed by atoms with van der Waals surface area (Å²) >= 11 is 0. The topological polar surface area (TPSA) is 98.5 Å². The van der Waals surface area contributed by atoms with Gasteiger partial charge in [0.25, 0.3) is 0 Å². The van der Waals surface area contributed by atoms with Crippen molar-refractivity contribution >= 4 is 16.2 Å². The first-order valence-corrected chi connectivity index (χ1v) is 5.56. The summed E-state index contributed by atoms with van der Waals surface area (Å²) in [6.45, 7) is 0. The van der Waals surface area contributed by atoms with Crippen molar-refractivity contribution in [3.05, 3.63) is 11.1 Å². The summed E-state index contributed by atoms with van der Waals surface area (Å²) in [5.74, 6) is 0. The molecule has 1 rings (SSSR count). The Kier molecular flexibility index (Phi) is 3.05. The van der Waals surface area contributed by atoms with E-state index in [4.69, 9.17) is 10.9 Å². The molecule has 0 unspecified atom stereocenters. The van der Waals surface area contributed by atoms with Crippen LogP contribution in [0.15, 0.2) is 16.1 Å². The third-order valence-corrected chi connectivity index (χ3v) is 2.88. The summed E-state index contributed by atoms with van der Waals surface area (Å²) in [5, 5.41) is 4.87. The highest BCUT2D eigenvalue weighted by molar-refractivity contribution is 7.93. The van der Waals surface area contributed by atoms with Crippen molar-refractivity contribution < 1.29 is 8.42 Å². The largest absolute Gasteiger partial charge is 0.403 e. The average molecular weight is 203 g/mol. The van der Waals surface area contributed by atoms with E-state index in [1.54, 1.807) is 0 Å². The number of allylic oxidation sites excluding steroid dienone is 1. The number of hydrogen-bond donors (Lipinski definition) is 2. The Morgan fingerprint density at radius 3 is 2.38 bits per heavy atom. The van der Waals surface area contributed by atoms with Gasteiger partial charge < -0.3 is 5.73 Å². The van der Waals surface area contributed by atoms with Crippen LogP contribution in [0.1, 0.15) is 19.3 Å². The molecule has 1 fully saturated rings. The van der Waals surface area contributed by atoms with Gasteiger partial charge >= 0.3 is 0 Å². The highest BCUT2D eigenvalue weighted by Crippen LogP contribution is 2.21. The van der Waals surface area contributed by atoms with Crippen LogP contribution in [0.25, 0.3) is 0 Å². The Morgan fingerprint density at radius 1 is 1.46 bits per heavy atom. The molecular formula is C7H13N3O2S. The quantitative estimate of drug-likeness (QED) is 0.616. The lowest BCUT2D eigenvalue weighted by Gasteiger charge is -2.20. The molecular weight excluding hydrogens is 190 g/mol. The molecule has 0 aliphatic heterocycles. The Hall–Kier alpha value is -0.880. The molecule has 1 aliphatic rings. The summed E-state index contributed by atoms with van der Waals surface area (Å²) in [5.41, 5.74) is 5.09. The van der Waals surface area contributed by atoms with Crippen molar-refractivity contribution in [2.24, 2.45) is 15.9 Å². The fourth-order valence-corrected chi connectivity index (χ4v) is 1.32. The van der Waals surface area contributed by atoms with E-state index < -0.39 is 10.0 Å². The van der Waals surface area contributed by atoms with Crippen molar-refractivity contribution in [3.63, 3.8) is 0 Å². The monoisotopic (exact) mass is 203 g/mol. The number of nitrogens with zero attached hydrogens (tertiary/aromatic N) is 1. The van der Waals surface area contributed by atoms with E-state index in [0.717, 1.165) is 25.5 Å². The summed E-state index contributed by atoms with van der Waals surface area (Å²) in [6, 6.07) is 0.247. The minimum Gasteiger partial charge on any atom is -0.403 e. The summed E-state index contributed by atoms with van der Waals surface area (Å²) < 4.78 is 21.6. The lowest BCUT2D eigenvalue weighted by Crippen LogP contribution is -2.19. The maximum atomic E-state index is 10.8. The molecule has 0 spiro atoms. The molecule has 1 aliphatic carbocycles. The predicted molar refractivity (Wildman–Crippen MR) is 51.5 cm³/mol. The van der Waals surface area contributed by atoms with Gasteiger partial charge in [0.2, 0.25) is 10.0 Å². The molecule has 13 heavy (non-hydrogen) atoms. The van der Waals surface area contributed by atoms with E-state index in [1.165, 1.54) is 6.21 Å². The first-order valence-electron chi connectivity index (χ1n) is 4.02. The van der Waals surface area contributed by atoms with Crippen LogP contribution >= 0.6 is 0 Å². The van der Waals surface area contributed by atoms with E-state index in [0.29, 0.717) is 0 Å². The average Bonchev–Trinajstić information content (AvgIpc) is 1.91. The molecule has 0 aromatic heterocycles. The van der Waals surface area contributed by atoms with Gasteiger partial charge in [0.1, 0.15) is 4.91 Å². The molecule has 0 atom stereocenters. The van der Waals surface area contributed by atoms with Crippen LogP contribution in [0.2, 0.25) is 0 Å². The molecule has 74 valence electrons. The van der Waals surface area contributed by atoms with Crippen molar-refractivity contribution in [1.29, 1.82) is 0 Å². The Balaban J connectivity index is 2.64. The van der Waals surface area contributed by atoms with Gasteiger partial charge in [-0.15, -0.1) is 0 Å². The standard InChI is InChI=1S/C7H13N3O2S/c8-4-7(13(9,11)12)5-10-6-2-1-3-6/h4-6H,1-3,8H2,(H2,9,11,12)/b7-4+,10-5?. The van der Waals surface area contributed by atoms with Crippen LogP contribution < -0.4 is 10.9 Å². The second kappa shape index (κ2) is 3.89. The molecule has 0 saturated heterocycles. The van der Waals surface area contributed by atoms with Gasteiger partial charge in [0.05, 0.1) is 0 Å². The third kappa shape index (κ3) is 2.82. The maximum Gasteiger partial charge on any atom is 0.240 e. The SMILES string of the molecule is N/C=C(\C=NC1CCC1)S(N)(=O)=O. The van der Waals surface area contributed by atoms with Gasteiger partial charge in [-0.1, -0.05) is 0 Å². The number of sulfonamides is 1. The van der Waals surface area contributed by atoms with Gasteiger partial charge in [-0.3, -0.25) is 4.99 Å². The number of aliphatic imine (C=N–C) groups is 1. The van der Waals surface area contributed by atoms with E-state index in [2.05, 4.69) is 4.99 Å². The normalized spacial score (nSPS) is 20.5. The highest BCUT2D eigenvalue weighted by atomic mass is 32.2. The molecule has 4 N–H and O–H groups in total. The van der Waals surface area contributed by atoms with E-state index >= 15 is 0 Å². The fraction of sp³-hybridized carbons (Fsp3) is 0.571. The molecule has 5 nitrogen and oxygen atoms in total. The summed E-state index contributed by atoms with van der Waals surface area (Å²) in [7, 11) is -3.71. The Bertz CT molecular complexity index is 328. The van der Waals surface area contributed by atoms with Crippen LogP contribution in [-0.2, 0) is 10.0 Å². The predicted octanol–water partition coefficient (Wildman–Crippen LogP) is -0.302. The molecule has 1 saturated carbocycles. The second-order valence-electron chi connectivity index (χ2n) is 2.98. The zero-order valence-electron chi connectivity index (χ0n) is 7.18. The summed E-state index contributed by atoms with van der Waals surface area (Å²) in [4.78, 5) is 3.91. The van der Waals surface area contributed by atoms with Crippen LogP contribution in [-0.4, -0.2) is 20.7 Å². The van der Waals surface area contributed by atoms with Gasteiger partial charge in [0.15, 0.2) is 0 Å². The first kappa shape index (κ1) is 10.2. The summed E-state index contributed by atoms with van der Waals surface area (Å²) in [6.07, 6.45) is 5.37. The molecule has 0 amide bonds. The van der Waals surface area contributed by atoms with Crippen LogP contribution in [0.4, 0.5) is 0 Å². The van der Waals surface area contributed by atoms with Gasteiger partial charge in [0, 0.05) is 18.5 Å². The highest BCUT2D eigenvalue weighted by Gasteiger charge is 2.16.